The van der Waals surface area contributed by atoms with Crippen molar-refractivity contribution in [2.45, 2.75) is 18.9 Å². The van der Waals surface area contributed by atoms with Crippen LogP contribution in [0.3, 0.4) is 0 Å². The lowest BCUT2D eigenvalue weighted by atomic mass is 10.0. The molecule has 7 heteroatoms. The van der Waals surface area contributed by atoms with Crippen LogP contribution in [-0.2, 0) is 22.4 Å². The third kappa shape index (κ3) is 5.39. The molecule has 0 aromatic heterocycles. The van der Waals surface area contributed by atoms with Crippen molar-refractivity contribution in [2.75, 3.05) is 0 Å². The summed E-state index contributed by atoms with van der Waals surface area (Å²) in [5.74, 6) is -3.51. The van der Waals surface area contributed by atoms with Crippen LogP contribution in [0.5, 0.6) is 0 Å². The number of hydrogen-bond donors (Lipinski definition) is 2. The third-order valence-electron chi connectivity index (χ3n) is 3.44. The summed E-state index contributed by atoms with van der Waals surface area (Å²) in [6.07, 6.45) is -0.323. The second-order valence-electron chi connectivity index (χ2n) is 5.43. The molecule has 2 N–H and O–H groups in total. The van der Waals surface area contributed by atoms with E-state index in [0.29, 0.717) is 17.2 Å². The van der Waals surface area contributed by atoms with E-state index in [4.69, 9.17) is 5.26 Å². The molecule has 0 unspecified atom stereocenters. The molecular weight excluding hydrogens is 330 g/mol. The van der Waals surface area contributed by atoms with Crippen molar-refractivity contribution in [1.82, 2.24) is 5.32 Å². The van der Waals surface area contributed by atoms with Crippen molar-refractivity contribution in [3.63, 3.8) is 0 Å². The number of carbonyl (C=O) groups excluding carboxylic acids is 1. The Morgan fingerprint density at radius 1 is 1.08 bits per heavy atom. The largest absolute Gasteiger partial charge is 0.480 e. The van der Waals surface area contributed by atoms with Crippen LogP contribution in [0.1, 0.15) is 16.7 Å². The molecule has 5 nitrogen and oxygen atoms in total. The number of nitriles is 1. The number of rotatable bonds is 6. The Morgan fingerprint density at radius 2 is 1.68 bits per heavy atom. The minimum atomic E-state index is -1.23. The zero-order chi connectivity index (χ0) is 18.4. The molecule has 0 fully saturated rings. The van der Waals surface area contributed by atoms with Gasteiger partial charge in [0, 0.05) is 12.5 Å². The Balaban J connectivity index is 2.03. The monoisotopic (exact) mass is 344 g/mol. The van der Waals surface area contributed by atoms with Crippen LogP contribution in [0.4, 0.5) is 8.78 Å². The average molecular weight is 344 g/mol. The van der Waals surface area contributed by atoms with E-state index in [0.717, 1.165) is 12.1 Å². The summed E-state index contributed by atoms with van der Waals surface area (Å²) in [7, 11) is 0. The van der Waals surface area contributed by atoms with Crippen molar-refractivity contribution in [2.24, 2.45) is 0 Å². The van der Waals surface area contributed by atoms with Crippen LogP contribution < -0.4 is 5.32 Å². The SMILES string of the molecule is N#Cc1ccc(C[C@@H](NC(=O)Cc2cc(F)cc(F)c2)C(=O)O)cc1. The first-order chi connectivity index (χ1) is 11.9. The molecule has 128 valence electrons. The molecule has 2 aromatic carbocycles. The fraction of sp³-hybridized carbons (Fsp3) is 0.167. The Hall–Kier alpha value is -3.27. The minimum absolute atomic E-state index is 0.0181. The minimum Gasteiger partial charge on any atom is -0.480 e. The zero-order valence-corrected chi connectivity index (χ0v) is 13.0. The molecule has 1 atom stereocenters. The number of carboxylic acids is 1. The summed E-state index contributed by atoms with van der Waals surface area (Å²) >= 11 is 0. The Bertz CT molecular complexity index is 809. The molecule has 0 saturated carbocycles. The van der Waals surface area contributed by atoms with Gasteiger partial charge in [-0.2, -0.15) is 5.26 Å². The number of aliphatic carboxylic acids is 1. The second kappa shape index (κ2) is 8.02. The molecule has 0 aliphatic rings. The number of nitrogens with zero attached hydrogens (tertiary/aromatic N) is 1. The van der Waals surface area contributed by atoms with E-state index < -0.39 is 29.6 Å². The normalized spacial score (nSPS) is 11.4. The second-order valence-corrected chi connectivity index (χ2v) is 5.43. The summed E-state index contributed by atoms with van der Waals surface area (Å²) in [6.45, 7) is 0. The highest BCUT2D eigenvalue weighted by molar-refractivity contribution is 5.85. The molecule has 0 radical (unpaired) electrons. The fourth-order valence-corrected chi connectivity index (χ4v) is 2.29. The molecule has 2 rings (SSSR count). The van der Waals surface area contributed by atoms with Crippen LogP contribution in [0, 0.1) is 23.0 Å². The molecule has 0 saturated heterocycles. The number of hydrogen-bond acceptors (Lipinski definition) is 3. The van der Waals surface area contributed by atoms with E-state index in [2.05, 4.69) is 5.32 Å². The van der Waals surface area contributed by atoms with Gasteiger partial charge in [-0.3, -0.25) is 4.79 Å². The molecule has 25 heavy (non-hydrogen) atoms. The first-order valence-corrected chi connectivity index (χ1v) is 7.33. The van der Waals surface area contributed by atoms with Crippen molar-refractivity contribution in [3.05, 3.63) is 70.8 Å². The van der Waals surface area contributed by atoms with Crippen molar-refractivity contribution in [3.8, 4) is 6.07 Å². The average Bonchev–Trinajstić information content (AvgIpc) is 2.53. The number of nitrogens with one attached hydrogen (secondary N) is 1. The first kappa shape index (κ1) is 18.1. The predicted octanol–water partition coefficient (Wildman–Crippen LogP) is 2.19. The van der Waals surface area contributed by atoms with E-state index in [1.165, 1.54) is 0 Å². The van der Waals surface area contributed by atoms with Gasteiger partial charge in [0.1, 0.15) is 17.7 Å². The number of carbonyl (C=O) groups is 2. The molecular formula is C18H14F2N2O3. The Morgan fingerprint density at radius 3 is 2.20 bits per heavy atom. The van der Waals surface area contributed by atoms with Crippen LogP contribution >= 0.6 is 0 Å². The van der Waals surface area contributed by atoms with E-state index >= 15 is 0 Å². The smallest absolute Gasteiger partial charge is 0.326 e. The lowest BCUT2D eigenvalue weighted by molar-refractivity contribution is -0.141. The summed E-state index contributed by atoms with van der Waals surface area (Å²) in [4.78, 5) is 23.3. The van der Waals surface area contributed by atoms with Gasteiger partial charge in [0.25, 0.3) is 0 Å². The summed E-state index contributed by atoms with van der Waals surface area (Å²) in [5.41, 5.74) is 1.17. The lowest BCUT2D eigenvalue weighted by Gasteiger charge is -2.15. The van der Waals surface area contributed by atoms with Crippen molar-refractivity contribution in [1.29, 1.82) is 5.26 Å². The van der Waals surface area contributed by atoms with Crippen LogP contribution in [0.25, 0.3) is 0 Å². The highest BCUT2D eigenvalue weighted by Gasteiger charge is 2.20. The molecule has 0 aliphatic carbocycles. The van der Waals surface area contributed by atoms with E-state index in [9.17, 15) is 23.5 Å². The van der Waals surface area contributed by atoms with Gasteiger partial charge in [-0.1, -0.05) is 12.1 Å². The molecule has 0 heterocycles. The summed E-state index contributed by atoms with van der Waals surface area (Å²) in [5, 5.41) is 20.3. The van der Waals surface area contributed by atoms with E-state index in [1.54, 1.807) is 24.3 Å². The number of benzene rings is 2. The molecule has 0 aliphatic heterocycles. The molecule has 2 aromatic rings. The molecule has 0 spiro atoms. The Labute approximate surface area is 142 Å². The maximum absolute atomic E-state index is 13.1. The lowest BCUT2D eigenvalue weighted by Crippen LogP contribution is -2.43. The molecule has 0 bridgehead atoms. The quantitative estimate of drug-likeness (QED) is 0.840. The van der Waals surface area contributed by atoms with Gasteiger partial charge in [-0.25, -0.2) is 13.6 Å². The third-order valence-corrected chi connectivity index (χ3v) is 3.44. The number of amides is 1. The highest BCUT2D eigenvalue weighted by Crippen LogP contribution is 2.10. The van der Waals surface area contributed by atoms with Gasteiger partial charge in [0.2, 0.25) is 5.91 Å². The van der Waals surface area contributed by atoms with Gasteiger partial charge in [-0.15, -0.1) is 0 Å². The maximum Gasteiger partial charge on any atom is 0.326 e. The van der Waals surface area contributed by atoms with E-state index in [-0.39, 0.29) is 18.4 Å². The van der Waals surface area contributed by atoms with Crippen LogP contribution in [0.2, 0.25) is 0 Å². The number of carboxylic acid groups (broad SMARTS) is 1. The van der Waals surface area contributed by atoms with Crippen molar-refractivity contribution < 1.29 is 23.5 Å². The topological polar surface area (TPSA) is 90.2 Å². The van der Waals surface area contributed by atoms with Gasteiger partial charge >= 0.3 is 5.97 Å². The predicted molar refractivity (Wildman–Crippen MR) is 84.5 cm³/mol. The van der Waals surface area contributed by atoms with Gasteiger partial charge in [0.15, 0.2) is 0 Å². The van der Waals surface area contributed by atoms with Crippen LogP contribution in [-0.4, -0.2) is 23.0 Å². The van der Waals surface area contributed by atoms with Gasteiger partial charge < -0.3 is 10.4 Å². The molecule has 1 amide bonds. The standard InChI is InChI=1S/C18H14F2N2O3/c19-14-5-13(6-15(20)9-14)8-17(23)22-16(18(24)25)7-11-1-3-12(10-21)4-2-11/h1-6,9,16H,7-8H2,(H,22,23)(H,24,25)/t16-/m1/s1. The Kier molecular flexibility index (Phi) is 5.79. The first-order valence-electron chi connectivity index (χ1n) is 7.33. The highest BCUT2D eigenvalue weighted by atomic mass is 19.1. The van der Waals surface area contributed by atoms with Gasteiger partial charge in [0.05, 0.1) is 18.1 Å². The van der Waals surface area contributed by atoms with E-state index in [1.807, 2.05) is 6.07 Å². The van der Waals surface area contributed by atoms with Crippen molar-refractivity contribution >= 4 is 11.9 Å². The summed E-state index contributed by atoms with van der Waals surface area (Å²) < 4.78 is 26.3. The number of halogens is 2. The zero-order valence-electron chi connectivity index (χ0n) is 13.0. The fourth-order valence-electron chi connectivity index (χ4n) is 2.29. The maximum atomic E-state index is 13.1. The summed E-state index contributed by atoms with van der Waals surface area (Å²) in [6, 6.07) is 9.76. The van der Waals surface area contributed by atoms with Crippen LogP contribution in [0.15, 0.2) is 42.5 Å². The van der Waals surface area contributed by atoms with Gasteiger partial charge in [-0.05, 0) is 35.4 Å².